The highest BCUT2D eigenvalue weighted by molar-refractivity contribution is 9.10. The number of carbonyl (C=O) groups excluding carboxylic acids is 1. The Kier molecular flexibility index (Phi) is 4.94. The van der Waals surface area contributed by atoms with Crippen molar-refractivity contribution in [1.82, 2.24) is 4.57 Å². The standard InChI is InChI=1S/C25H21BrN2O2S/c1-25(2)13-18-21(19(29)14-25)22(16-8-4-3-5-9-16)28-23(30)20(31-24(28)27-18)12-15-7-6-10-17(26)11-15/h3-12,22H,13-14H2,1-2H3. The number of Topliss-reactive ketones (excluding diaryl/α,β-unsaturated/α-hetero) is 1. The molecule has 0 bridgehead atoms. The number of ketones is 1. The van der Waals surface area contributed by atoms with Gasteiger partial charge in [-0.3, -0.25) is 14.2 Å². The van der Waals surface area contributed by atoms with E-state index in [9.17, 15) is 9.59 Å². The maximum absolute atomic E-state index is 13.5. The molecule has 1 aliphatic carbocycles. The fourth-order valence-electron chi connectivity index (χ4n) is 4.45. The molecule has 31 heavy (non-hydrogen) atoms. The quantitative estimate of drug-likeness (QED) is 0.533. The molecule has 5 rings (SSSR count). The molecule has 3 aromatic rings. The number of nitrogens with zero attached hydrogens (tertiary/aromatic N) is 2. The number of halogens is 1. The van der Waals surface area contributed by atoms with Gasteiger partial charge in [-0.05, 0) is 41.2 Å². The van der Waals surface area contributed by atoms with Crippen LogP contribution in [0.1, 0.15) is 43.9 Å². The van der Waals surface area contributed by atoms with Crippen molar-refractivity contribution in [2.24, 2.45) is 10.4 Å². The molecule has 2 heterocycles. The van der Waals surface area contributed by atoms with E-state index in [1.54, 1.807) is 4.57 Å². The zero-order chi connectivity index (χ0) is 21.8. The van der Waals surface area contributed by atoms with Gasteiger partial charge in [0, 0.05) is 16.5 Å². The lowest BCUT2D eigenvalue weighted by Gasteiger charge is -2.35. The van der Waals surface area contributed by atoms with Gasteiger partial charge in [0.25, 0.3) is 5.56 Å². The lowest BCUT2D eigenvalue weighted by molar-refractivity contribution is -0.118. The normalized spacial score (nSPS) is 20.3. The van der Waals surface area contributed by atoms with Crippen LogP contribution in [0.4, 0.5) is 0 Å². The van der Waals surface area contributed by atoms with Gasteiger partial charge < -0.3 is 0 Å². The van der Waals surface area contributed by atoms with Gasteiger partial charge in [-0.15, -0.1) is 0 Å². The summed E-state index contributed by atoms with van der Waals surface area (Å²) in [4.78, 5) is 32.3. The molecule has 156 valence electrons. The van der Waals surface area contributed by atoms with Gasteiger partial charge in [0.05, 0.1) is 16.3 Å². The minimum absolute atomic E-state index is 0.0881. The summed E-state index contributed by atoms with van der Waals surface area (Å²) in [7, 11) is 0. The summed E-state index contributed by atoms with van der Waals surface area (Å²) >= 11 is 4.87. The number of carbonyl (C=O) groups is 1. The number of aromatic nitrogens is 1. The first kappa shape index (κ1) is 20.3. The van der Waals surface area contributed by atoms with Crippen LogP contribution in [0.15, 0.2) is 80.1 Å². The zero-order valence-electron chi connectivity index (χ0n) is 17.3. The maximum atomic E-state index is 13.5. The molecular formula is C25H21BrN2O2S. The number of hydrogen-bond acceptors (Lipinski definition) is 4. The Hall–Kier alpha value is -2.57. The highest BCUT2D eigenvalue weighted by atomic mass is 79.9. The molecule has 1 aromatic heterocycles. The Morgan fingerprint density at radius 1 is 1.10 bits per heavy atom. The van der Waals surface area contributed by atoms with E-state index < -0.39 is 6.04 Å². The Morgan fingerprint density at radius 2 is 1.87 bits per heavy atom. The highest BCUT2D eigenvalue weighted by Crippen LogP contribution is 2.43. The van der Waals surface area contributed by atoms with Crippen LogP contribution in [0.25, 0.3) is 6.08 Å². The van der Waals surface area contributed by atoms with Crippen molar-refractivity contribution in [3.8, 4) is 0 Å². The molecule has 1 aliphatic heterocycles. The number of allylic oxidation sites excluding steroid dienone is 2. The average molecular weight is 493 g/mol. The molecule has 0 saturated carbocycles. The first-order valence-corrected chi connectivity index (χ1v) is 11.8. The van der Waals surface area contributed by atoms with Crippen LogP contribution >= 0.6 is 27.3 Å². The number of benzene rings is 2. The third kappa shape index (κ3) is 3.68. The Morgan fingerprint density at radius 3 is 2.61 bits per heavy atom. The first-order chi connectivity index (χ1) is 14.8. The van der Waals surface area contributed by atoms with E-state index in [-0.39, 0.29) is 16.8 Å². The van der Waals surface area contributed by atoms with Crippen molar-refractivity contribution in [3.63, 3.8) is 0 Å². The zero-order valence-corrected chi connectivity index (χ0v) is 19.7. The van der Waals surface area contributed by atoms with Crippen molar-refractivity contribution in [2.75, 3.05) is 0 Å². The predicted molar refractivity (Wildman–Crippen MR) is 127 cm³/mol. The molecule has 0 amide bonds. The second kappa shape index (κ2) is 7.53. The fourth-order valence-corrected chi connectivity index (χ4v) is 5.88. The third-order valence-corrected chi connectivity index (χ3v) is 7.23. The Bertz CT molecular complexity index is 1410. The number of hydrogen-bond donors (Lipinski definition) is 0. The largest absolute Gasteiger partial charge is 0.294 e. The molecule has 4 nitrogen and oxygen atoms in total. The van der Waals surface area contributed by atoms with Gasteiger partial charge in [-0.1, -0.05) is 83.6 Å². The van der Waals surface area contributed by atoms with E-state index in [0.29, 0.717) is 21.3 Å². The second-order valence-corrected chi connectivity index (χ2v) is 10.8. The summed E-state index contributed by atoms with van der Waals surface area (Å²) in [6.45, 7) is 4.20. The summed E-state index contributed by atoms with van der Waals surface area (Å²) in [6, 6.07) is 17.2. The third-order valence-electron chi connectivity index (χ3n) is 5.76. The van der Waals surface area contributed by atoms with E-state index in [2.05, 4.69) is 29.8 Å². The summed E-state index contributed by atoms with van der Waals surface area (Å²) in [5.74, 6) is 0.0881. The minimum Gasteiger partial charge on any atom is -0.294 e. The van der Waals surface area contributed by atoms with Gasteiger partial charge in [0.15, 0.2) is 10.6 Å². The van der Waals surface area contributed by atoms with E-state index >= 15 is 0 Å². The van der Waals surface area contributed by atoms with Crippen molar-refractivity contribution in [1.29, 1.82) is 0 Å². The first-order valence-electron chi connectivity index (χ1n) is 10.2. The van der Waals surface area contributed by atoms with Crippen molar-refractivity contribution in [3.05, 3.63) is 101 Å². The Balaban J connectivity index is 1.77. The van der Waals surface area contributed by atoms with Gasteiger partial charge in [0.1, 0.15) is 0 Å². The van der Waals surface area contributed by atoms with E-state index in [0.717, 1.165) is 27.7 Å². The van der Waals surface area contributed by atoms with Crippen molar-refractivity contribution >= 4 is 39.1 Å². The molecule has 0 radical (unpaired) electrons. The van der Waals surface area contributed by atoms with Crippen LogP contribution < -0.4 is 14.9 Å². The van der Waals surface area contributed by atoms with Gasteiger partial charge in [-0.25, -0.2) is 4.99 Å². The second-order valence-electron chi connectivity index (χ2n) is 8.85. The lowest BCUT2D eigenvalue weighted by atomic mass is 9.73. The average Bonchev–Trinajstić information content (AvgIpc) is 3.01. The van der Waals surface area contributed by atoms with E-state index in [1.165, 1.54) is 11.3 Å². The smallest absolute Gasteiger partial charge is 0.271 e. The molecule has 1 atom stereocenters. The van der Waals surface area contributed by atoms with Crippen molar-refractivity contribution < 1.29 is 4.79 Å². The van der Waals surface area contributed by atoms with Crippen LogP contribution in [0, 0.1) is 5.41 Å². The topological polar surface area (TPSA) is 51.4 Å². The van der Waals surface area contributed by atoms with E-state index in [4.69, 9.17) is 4.99 Å². The molecule has 2 aromatic carbocycles. The van der Waals surface area contributed by atoms with Gasteiger partial charge in [-0.2, -0.15) is 0 Å². The Labute approximate surface area is 192 Å². The highest BCUT2D eigenvalue weighted by Gasteiger charge is 2.40. The minimum atomic E-state index is -0.430. The van der Waals surface area contributed by atoms with Gasteiger partial charge in [0.2, 0.25) is 0 Å². The molecule has 0 N–H and O–H groups in total. The predicted octanol–water partition coefficient (Wildman–Crippen LogP) is 4.37. The van der Waals surface area contributed by atoms with Crippen LogP contribution in [0.2, 0.25) is 0 Å². The number of thiazole rings is 1. The van der Waals surface area contributed by atoms with E-state index in [1.807, 2.05) is 60.7 Å². The van der Waals surface area contributed by atoms with Crippen LogP contribution in [-0.4, -0.2) is 10.4 Å². The fraction of sp³-hybridized carbons (Fsp3) is 0.240. The molecule has 1 unspecified atom stereocenters. The number of rotatable bonds is 2. The van der Waals surface area contributed by atoms with Crippen LogP contribution in [0.3, 0.4) is 0 Å². The maximum Gasteiger partial charge on any atom is 0.271 e. The molecule has 0 saturated heterocycles. The lowest BCUT2D eigenvalue weighted by Crippen LogP contribution is -2.42. The van der Waals surface area contributed by atoms with Crippen LogP contribution in [-0.2, 0) is 4.79 Å². The molecule has 0 fully saturated rings. The molecular weight excluding hydrogens is 472 g/mol. The summed E-state index contributed by atoms with van der Waals surface area (Å²) in [6.07, 6.45) is 3.09. The van der Waals surface area contributed by atoms with Gasteiger partial charge >= 0.3 is 0 Å². The summed E-state index contributed by atoms with van der Waals surface area (Å²) in [5, 5.41) is 0. The molecule has 0 spiro atoms. The number of fused-ring (bicyclic) bond motifs is 1. The summed E-state index contributed by atoms with van der Waals surface area (Å²) < 4.78 is 3.28. The van der Waals surface area contributed by atoms with Crippen LogP contribution in [0.5, 0.6) is 0 Å². The SMILES string of the molecule is CC1(C)CC(=O)C2=C(C1)N=c1sc(=Cc3cccc(Br)c3)c(=O)n1C2c1ccccc1. The molecule has 6 heteroatoms. The molecule has 2 aliphatic rings. The monoisotopic (exact) mass is 492 g/mol. The summed E-state index contributed by atoms with van der Waals surface area (Å²) in [5.41, 5.74) is 3.13. The van der Waals surface area contributed by atoms with Crippen molar-refractivity contribution in [2.45, 2.75) is 32.7 Å².